The number of benzene rings is 1. The van der Waals surface area contributed by atoms with Crippen molar-refractivity contribution in [2.24, 2.45) is 4.99 Å². The van der Waals surface area contributed by atoms with Crippen molar-refractivity contribution in [3.63, 3.8) is 0 Å². The third-order valence-corrected chi connectivity index (χ3v) is 4.02. The van der Waals surface area contributed by atoms with Crippen LogP contribution < -0.4 is 0 Å². The quantitative estimate of drug-likeness (QED) is 0.855. The van der Waals surface area contributed by atoms with Crippen LogP contribution in [0, 0.1) is 0 Å². The molecular weight excluding hydrogens is 314 g/mol. The number of hydrogen-bond donors (Lipinski definition) is 1. The normalized spacial score (nSPS) is 17.8. The average Bonchev–Trinajstić information content (AvgIpc) is 2.84. The second-order valence-corrected chi connectivity index (χ2v) is 5.66. The van der Waals surface area contributed by atoms with Gasteiger partial charge in [0.25, 0.3) is 0 Å². The fourth-order valence-corrected chi connectivity index (χ4v) is 2.92. The Morgan fingerprint density at radius 2 is 1.96 bits per heavy atom. The number of aliphatic imine (C=N–C) groups is 1. The summed E-state index contributed by atoms with van der Waals surface area (Å²) in [6, 6.07) is 9.37. The van der Waals surface area contributed by atoms with E-state index in [0.29, 0.717) is 4.91 Å². The Kier molecular flexibility index (Phi) is 5.76. The molecule has 1 amide bonds. The van der Waals surface area contributed by atoms with E-state index in [9.17, 15) is 14.7 Å². The van der Waals surface area contributed by atoms with Crippen molar-refractivity contribution in [3.05, 3.63) is 52.1 Å². The first-order valence-corrected chi connectivity index (χ1v) is 8.05. The summed E-state index contributed by atoms with van der Waals surface area (Å²) in [5, 5.41) is 10.5. The Labute approximate surface area is 138 Å². The topological polar surface area (TPSA) is 76.0 Å². The van der Waals surface area contributed by atoms with Crippen molar-refractivity contribution in [1.29, 1.82) is 0 Å². The summed E-state index contributed by atoms with van der Waals surface area (Å²) >= 11 is 1.08. The minimum atomic E-state index is -0.684. The van der Waals surface area contributed by atoms with Gasteiger partial charge in [0.1, 0.15) is 16.4 Å². The van der Waals surface area contributed by atoms with Crippen molar-refractivity contribution in [3.8, 4) is 0 Å². The number of amides is 1. The van der Waals surface area contributed by atoms with E-state index in [1.807, 2.05) is 30.3 Å². The van der Waals surface area contributed by atoms with Crippen LogP contribution in [0.1, 0.15) is 25.8 Å². The molecule has 6 heteroatoms. The number of aliphatic hydroxyl groups excluding tert-OH is 1. The standard InChI is InChI=1S/C17H17NO4S/c1-3-13(19)18-16-14(17(21)22-4-2)15(20)12(23-16)10-11-8-6-5-7-9-11/h5-10,20H,3-4H2,1-2H3/b12-10-,18-16?. The van der Waals surface area contributed by atoms with Gasteiger partial charge in [0, 0.05) is 6.42 Å². The number of carbonyl (C=O) groups is 2. The SMILES string of the molecule is CCOC(=O)C1=C(O)/C(=C/c2ccccc2)SC1=NC(=O)CC. The smallest absolute Gasteiger partial charge is 0.344 e. The van der Waals surface area contributed by atoms with Gasteiger partial charge < -0.3 is 9.84 Å². The summed E-state index contributed by atoms with van der Waals surface area (Å²) in [5.41, 5.74) is 0.814. The molecule has 0 aliphatic carbocycles. The lowest BCUT2D eigenvalue weighted by Gasteiger charge is -2.02. The maximum absolute atomic E-state index is 12.1. The number of aliphatic hydroxyl groups is 1. The molecule has 0 aromatic heterocycles. The first-order valence-electron chi connectivity index (χ1n) is 7.24. The van der Waals surface area contributed by atoms with Crippen molar-refractivity contribution < 1.29 is 19.4 Å². The van der Waals surface area contributed by atoms with Crippen LogP contribution >= 0.6 is 11.8 Å². The Hall–Kier alpha value is -2.34. The molecule has 0 bridgehead atoms. The van der Waals surface area contributed by atoms with E-state index in [2.05, 4.69) is 4.99 Å². The number of ether oxygens (including phenoxy) is 1. The molecule has 120 valence electrons. The van der Waals surface area contributed by atoms with E-state index < -0.39 is 5.97 Å². The number of carbonyl (C=O) groups excluding carboxylic acids is 2. The van der Waals surface area contributed by atoms with E-state index in [1.54, 1.807) is 19.9 Å². The molecule has 1 aliphatic heterocycles. The largest absolute Gasteiger partial charge is 0.506 e. The fraction of sp³-hybridized carbons (Fsp3) is 0.235. The Morgan fingerprint density at radius 1 is 1.26 bits per heavy atom. The maximum atomic E-state index is 12.1. The zero-order valence-electron chi connectivity index (χ0n) is 12.9. The monoisotopic (exact) mass is 331 g/mol. The summed E-state index contributed by atoms with van der Waals surface area (Å²) in [7, 11) is 0. The zero-order chi connectivity index (χ0) is 16.8. The third-order valence-electron chi connectivity index (χ3n) is 3.00. The lowest BCUT2D eigenvalue weighted by molar-refractivity contribution is -0.138. The summed E-state index contributed by atoms with van der Waals surface area (Å²) in [6.45, 7) is 3.53. The number of esters is 1. The van der Waals surface area contributed by atoms with Gasteiger partial charge in [-0.05, 0) is 18.6 Å². The van der Waals surface area contributed by atoms with Gasteiger partial charge in [0.2, 0.25) is 5.91 Å². The van der Waals surface area contributed by atoms with Crippen molar-refractivity contribution in [2.45, 2.75) is 20.3 Å². The van der Waals surface area contributed by atoms with Gasteiger partial charge in [0.15, 0.2) is 0 Å². The zero-order valence-corrected chi connectivity index (χ0v) is 13.7. The highest BCUT2D eigenvalue weighted by atomic mass is 32.2. The molecule has 0 saturated heterocycles. The first-order chi connectivity index (χ1) is 11.1. The molecule has 1 heterocycles. The van der Waals surface area contributed by atoms with Crippen molar-refractivity contribution in [1.82, 2.24) is 0 Å². The second kappa shape index (κ2) is 7.78. The minimum Gasteiger partial charge on any atom is -0.506 e. The van der Waals surface area contributed by atoms with E-state index in [-0.39, 0.29) is 35.3 Å². The molecule has 1 aliphatic rings. The number of hydrogen-bond acceptors (Lipinski definition) is 5. The van der Waals surface area contributed by atoms with Gasteiger partial charge in [0.05, 0.1) is 11.5 Å². The van der Waals surface area contributed by atoms with Gasteiger partial charge in [-0.2, -0.15) is 0 Å². The van der Waals surface area contributed by atoms with Crippen LogP contribution in [-0.2, 0) is 14.3 Å². The molecule has 0 saturated carbocycles. The summed E-state index contributed by atoms with van der Waals surface area (Å²) in [5.74, 6) is -1.25. The molecular formula is C17H17NO4S. The van der Waals surface area contributed by atoms with Crippen LogP contribution in [0.4, 0.5) is 0 Å². The predicted octanol–water partition coefficient (Wildman–Crippen LogP) is 3.48. The van der Waals surface area contributed by atoms with Gasteiger partial charge in [-0.25, -0.2) is 9.79 Å². The Bertz CT molecular complexity index is 705. The second-order valence-electron chi connectivity index (χ2n) is 4.63. The lowest BCUT2D eigenvalue weighted by Crippen LogP contribution is -2.14. The van der Waals surface area contributed by atoms with Crippen molar-refractivity contribution in [2.75, 3.05) is 6.61 Å². The molecule has 5 nitrogen and oxygen atoms in total. The van der Waals surface area contributed by atoms with Crippen LogP contribution in [0.3, 0.4) is 0 Å². The first kappa shape index (κ1) is 17.0. The maximum Gasteiger partial charge on any atom is 0.344 e. The molecule has 1 aromatic rings. The molecule has 0 atom stereocenters. The van der Waals surface area contributed by atoms with E-state index >= 15 is 0 Å². The Balaban J connectivity index is 2.45. The third kappa shape index (κ3) is 4.10. The van der Waals surface area contributed by atoms with Crippen LogP contribution in [0.2, 0.25) is 0 Å². The summed E-state index contributed by atoms with van der Waals surface area (Å²) < 4.78 is 4.95. The highest BCUT2D eigenvalue weighted by Gasteiger charge is 2.33. The molecule has 0 unspecified atom stereocenters. The van der Waals surface area contributed by atoms with Crippen LogP contribution in [-0.4, -0.2) is 28.6 Å². The van der Waals surface area contributed by atoms with Crippen LogP contribution in [0.25, 0.3) is 6.08 Å². The number of rotatable bonds is 4. The highest BCUT2D eigenvalue weighted by Crippen LogP contribution is 2.39. The summed E-state index contributed by atoms with van der Waals surface area (Å²) in [4.78, 5) is 28.0. The van der Waals surface area contributed by atoms with E-state index in [0.717, 1.165) is 17.3 Å². The molecule has 1 N–H and O–H groups in total. The van der Waals surface area contributed by atoms with Crippen LogP contribution in [0.15, 0.2) is 51.6 Å². The highest BCUT2D eigenvalue weighted by molar-refractivity contribution is 8.18. The summed E-state index contributed by atoms with van der Waals surface area (Å²) in [6.07, 6.45) is 1.96. The molecule has 0 spiro atoms. The molecule has 23 heavy (non-hydrogen) atoms. The fourth-order valence-electron chi connectivity index (χ4n) is 1.88. The van der Waals surface area contributed by atoms with E-state index in [1.165, 1.54) is 0 Å². The van der Waals surface area contributed by atoms with Crippen LogP contribution in [0.5, 0.6) is 0 Å². The van der Waals surface area contributed by atoms with Gasteiger partial charge in [-0.1, -0.05) is 49.0 Å². The molecule has 2 rings (SSSR count). The Morgan fingerprint density at radius 3 is 2.57 bits per heavy atom. The molecule has 1 aromatic carbocycles. The van der Waals surface area contributed by atoms with Gasteiger partial charge in [-0.15, -0.1) is 0 Å². The number of thioether (sulfide) groups is 1. The minimum absolute atomic E-state index is 0.0548. The molecule has 0 fully saturated rings. The molecule has 0 radical (unpaired) electrons. The average molecular weight is 331 g/mol. The number of nitrogens with zero attached hydrogens (tertiary/aromatic N) is 1. The van der Waals surface area contributed by atoms with Gasteiger partial charge in [-0.3, -0.25) is 4.79 Å². The lowest BCUT2D eigenvalue weighted by atomic mass is 10.1. The van der Waals surface area contributed by atoms with E-state index in [4.69, 9.17) is 4.74 Å². The predicted molar refractivity (Wildman–Crippen MR) is 91.0 cm³/mol. The van der Waals surface area contributed by atoms with Crippen molar-refractivity contribution >= 4 is 34.8 Å². The van der Waals surface area contributed by atoms with Gasteiger partial charge >= 0.3 is 5.97 Å².